The highest BCUT2D eigenvalue weighted by atomic mass is 19.1. The van der Waals surface area contributed by atoms with E-state index in [9.17, 15) is 4.39 Å². The maximum atomic E-state index is 14.3. The van der Waals surface area contributed by atoms with Crippen molar-refractivity contribution in [3.05, 3.63) is 290 Å². The summed E-state index contributed by atoms with van der Waals surface area (Å²) in [4.78, 5) is 51.1. The Morgan fingerprint density at radius 2 is 0.804 bits per heavy atom. The number of hydrogen-bond donors (Lipinski definition) is 6. The van der Waals surface area contributed by atoms with Crippen LogP contribution in [0, 0.1) is 5.82 Å². The van der Waals surface area contributed by atoms with E-state index in [1.807, 2.05) is 115 Å². The first-order valence-electron chi connectivity index (χ1n) is 50.8. The lowest BCUT2D eigenvalue weighted by molar-refractivity contribution is 0.122. The van der Waals surface area contributed by atoms with E-state index in [2.05, 4.69) is 224 Å². The van der Waals surface area contributed by atoms with E-state index in [0.717, 1.165) is 239 Å². The summed E-state index contributed by atoms with van der Waals surface area (Å²) in [6.45, 7) is 32.0. The van der Waals surface area contributed by atoms with E-state index in [4.69, 9.17) is 52.8 Å². The molecule has 0 radical (unpaired) electrons. The molecule has 6 N–H and O–H groups in total. The van der Waals surface area contributed by atoms with Gasteiger partial charge in [0.05, 0.1) is 62.4 Å². The van der Waals surface area contributed by atoms with Gasteiger partial charge in [-0.15, -0.1) is 0 Å². The van der Waals surface area contributed by atoms with E-state index in [0.29, 0.717) is 106 Å². The summed E-state index contributed by atoms with van der Waals surface area (Å²) in [6, 6.07) is 62.0. The number of nitrogens with one attached hydrogen (secondary N) is 6. The molecule has 10 heterocycles. The minimum Gasteiger partial charge on any atom is -0.493 e. The lowest BCUT2D eigenvalue weighted by Gasteiger charge is -2.31. The smallest absolute Gasteiger partial charge is 0.227 e. The molecule has 0 unspecified atom stereocenters. The minimum absolute atomic E-state index is 0.361. The van der Waals surface area contributed by atoms with Gasteiger partial charge in [0.25, 0.3) is 0 Å². The van der Waals surface area contributed by atoms with Gasteiger partial charge in [0.15, 0.2) is 0 Å². The number of hydrogen-bond acceptors (Lipinski definition) is 28. The van der Waals surface area contributed by atoms with Gasteiger partial charge in [0.2, 0.25) is 23.8 Å². The molecule has 1 saturated carbocycles. The molecule has 4 aromatic heterocycles. The van der Waals surface area contributed by atoms with Crippen molar-refractivity contribution >= 4 is 52.2 Å². The number of likely N-dealkylation sites (N-methyl/N-ethyl adjacent to an activating group) is 3. The predicted molar refractivity (Wildman–Crippen MR) is 570 cm³/mol. The number of rotatable bonds is 18. The van der Waals surface area contributed by atoms with Gasteiger partial charge in [0.1, 0.15) is 65.9 Å². The van der Waals surface area contributed by atoms with Gasteiger partial charge in [0, 0.05) is 189 Å². The normalized spacial score (nSPS) is 16.9. The Morgan fingerprint density at radius 3 is 1.27 bits per heavy atom. The number of likely N-dealkylation sites (tertiary alicyclic amines) is 1. The topological polar surface area (TPSA) is 269 Å². The lowest BCUT2D eigenvalue weighted by Crippen LogP contribution is -2.37. The second kappa shape index (κ2) is 54.5. The van der Waals surface area contributed by atoms with Crippen LogP contribution in [0.15, 0.2) is 261 Å². The van der Waals surface area contributed by atoms with Crippen LogP contribution in [-0.2, 0) is 30.9 Å². The number of halogens is 1. The van der Waals surface area contributed by atoms with Crippen molar-refractivity contribution in [2.24, 2.45) is 0 Å². The molecular formula is C114H137FN20O8. The summed E-state index contributed by atoms with van der Waals surface area (Å²) in [6.07, 6.45) is 32.8. The van der Waals surface area contributed by atoms with Gasteiger partial charge in [-0.3, -0.25) is 14.7 Å². The van der Waals surface area contributed by atoms with E-state index < -0.39 is 0 Å². The van der Waals surface area contributed by atoms with Crippen molar-refractivity contribution in [3.8, 4) is 85.3 Å². The highest BCUT2D eigenvalue weighted by Gasteiger charge is 2.30. The molecule has 6 aliphatic heterocycles. The summed E-state index contributed by atoms with van der Waals surface area (Å²) >= 11 is 0. The number of nitrogens with zero attached hydrogens (tertiary/aromatic N) is 14. The molecule has 3 fully saturated rings. The van der Waals surface area contributed by atoms with Crippen molar-refractivity contribution in [2.75, 3.05) is 191 Å². The highest BCUT2D eigenvalue weighted by Crippen LogP contribution is 2.37. The molecule has 0 amide bonds. The summed E-state index contributed by atoms with van der Waals surface area (Å²) in [5.41, 5.74) is 16.3. The first kappa shape index (κ1) is 102. The Bertz CT molecular complexity index is 5970. The average molecular weight is 1930 g/mol. The van der Waals surface area contributed by atoms with Gasteiger partial charge >= 0.3 is 0 Å². The maximum Gasteiger partial charge on any atom is 0.227 e. The lowest BCUT2D eigenvalue weighted by atomic mass is 10.1. The van der Waals surface area contributed by atoms with Crippen molar-refractivity contribution < 1.29 is 42.3 Å². The van der Waals surface area contributed by atoms with Crippen molar-refractivity contribution in [2.45, 2.75) is 111 Å². The zero-order chi connectivity index (χ0) is 98.2. The Labute approximate surface area is 841 Å². The third kappa shape index (κ3) is 32.1. The van der Waals surface area contributed by atoms with Gasteiger partial charge < -0.3 is 84.5 Å². The fourth-order valence-corrected chi connectivity index (χ4v) is 17.5. The van der Waals surface area contributed by atoms with Crippen molar-refractivity contribution in [1.29, 1.82) is 0 Å². The van der Waals surface area contributed by atoms with Crippen LogP contribution in [-0.4, -0.2) is 235 Å². The zero-order valence-corrected chi connectivity index (χ0v) is 83.3. The Kier molecular flexibility index (Phi) is 38.9. The monoisotopic (exact) mass is 1930 g/mol. The summed E-state index contributed by atoms with van der Waals surface area (Å²) in [5, 5.41) is 20.5. The number of ether oxygens (including phenoxy) is 8. The molecule has 7 aliphatic rings. The molecule has 1 aliphatic carbocycles. The molecule has 0 spiro atoms. The molecule has 12 aromatic rings. The number of anilines is 9. The van der Waals surface area contributed by atoms with Gasteiger partial charge in [-0.05, 0) is 249 Å². The van der Waals surface area contributed by atoms with Crippen LogP contribution < -0.4 is 70.0 Å². The summed E-state index contributed by atoms with van der Waals surface area (Å²) in [5.74, 6) is 7.55. The predicted octanol–water partition coefficient (Wildman–Crippen LogP) is 20.4. The molecule has 28 nitrogen and oxygen atoms in total. The molecule has 143 heavy (non-hydrogen) atoms. The second-order valence-electron chi connectivity index (χ2n) is 35.9. The largest absolute Gasteiger partial charge is 0.493 e. The number of aromatic nitrogens is 8. The average Bonchev–Trinajstić information content (AvgIpc) is 1.55. The molecule has 0 atom stereocenters. The quantitative estimate of drug-likeness (QED) is 0.0436. The first-order valence-corrected chi connectivity index (χ1v) is 50.8. The molecule has 19 rings (SSSR count). The second-order valence-corrected chi connectivity index (χ2v) is 35.9. The van der Waals surface area contributed by atoms with Crippen LogP contribution in [0.4, 0.5) is 56.6 Å². The van der Waals surface area contributed by atoms with Gasteiger partial charge in [-0.2, -0.15) is 0 Å². The SMILES string of the molecule is C1=C/CN(C2CC2)Cc2cc(ccc2OCCN2CCCC2)Nc2nccc(n2)-c2cccc(c2)OCC/1.CCN(CC)CCOc1ccc2cc1CNC/C=C/CCOc1cccc(c1)-c1ccnc(n1)N2.CCN(CC)CCOc1ccc2cc1CNC/C=C\CCOc1cccc(c1)-c1ccnc(n1)N2.CN1C/C=C/CCOc2cc(F)cc(c2)-c2ccnc(n2)Nc2ccc(N3CCOCC3)c(c2)C1. The van der Waals surface area contributed by atoms with Crippen LogP contribution in [0.5, 0.6) is 40.2 Å². The summed E-state index contributed by atoms with van der Waals surface area (Å²) in [7, 11) is 2.11. The molecule has 2 saturated heterocycles. The first-order chi connectivity index (χ1) is 70.4. The Hall–Kier alpha value is -13.8. The standard InChI is InChI=1S/C31H37N5O2.2C28H35N5O2.C27H30FN5O2/c1-2-17-36(27-10-11-27)23-25-21-26(9-12-30(25)38-20-18-35-15-3-4-16-35)33-31-32-14-13-29(34-31)24-7-6-8-28(22-24)37-19-5-1;2*1-3-33(4-2)16-18-35-27-12-11-24-19-23(27)21-29-14-6-5-7-17-34-25-10-8-9-22(20-25)26-13-15-30-28(31-24)32-26;1-32-9-3-2-4-12-35-24-17-20(15-22(28)18-24)25-7-8-29-27(31-25)30-23-5-6-26(21(16-23)19-32)33-10-13-34-14-11-33/h1-2,6-9,12-14,21-22,27H,3-5,10-11,15-20,23H2,(H,32,33,34);2*5-6,8-13,15,19-20,29H,3-4,7,14,16-18,21H2,1-2H3,(H,30,31,32);2-3,5-8,15-18H,4,9-14,19H2,1H3,(H,29,30,31)/b2-1+;6-5+;6-5-;3-2+. The van der Waals surface area contributed by atoms with Crippen LogP contribution in [0.2, 0.25) is 0 Å². The van der Waals surface area contributed by atoms with E-state index >= 15 is 0 Å². The van der Waals surface area contributed by atoms with Crippen molar-refractivity contribution in [3.63, 3.8) is 0 Å². The van der Waals surface area contributed by atoms with E-state index in [1.165, 1.54) is 67.7 Å². The highest BCUT2D eigenvalue weighted by molar-refractivity contribution is 5.70. The molecule has 748 valence electrons. The van der Waals surface area contributed by atoms with Gasteiger partial charge in [-0.25, -0.2) is 44.3 Å². The third-order valence-corrected chi connectivity index (χ3v) is 25.5. The molecule has 8 aromatic carbocycles. The van der Waals surface area contributed by atoms with E-state index in [1.54, 1.807) is 30.9 Å². The van der Waals surface area contributed by atoms with E-state index in [-0.39, 0.29) is 5.82 Å². The fourth-order valence-electron chi connectivity index (χ4n) is 17.5. The molecule has 24 bridgehead atoms. The van der Waals surface area contributed by atoms with Crippen LogP contribution >= 0.6 is 0 Å². The van der Waals surface area contributed by atoms with Crippen molar-refractivity contribution in [1.82, 2.24) is 75.0 Å². The minimum atomic E-state index is -0.361. The van der Waals surface area contributed by atoms with Gasteiger partial charge in [-0.1, -0.05) is 113 Å². The Balaban J connectivity index is 0.000000137. The molecular weight excluding hydrogens is 1800 g/mol. The number of morpholine rings is 1. The van der Waals surface area contributed by atoms with Crippen LogP contribution in [0.25, 0.3) is 45.0 Å². The third-order valence-electron chi connectivity index (χ3n) is 25.5. The number of fused-ring (bicyclic) bond motifs is 28. The Morgan fingerprint density at radius 1 is 0.392 bits per heavy atom. The molecule has 29 heteroatoms. The summed E-state index contributed by atoms with van der Waals surface area (Å²) < 4.78 is 62.3. The van der Waals surface area contributed by atoms with Crippen LogP contribution in [0.3, 0.4) is 0 Å². The maximum absolute atomic E-state index is 14.3. The number of benzene rings is 8. The zero-order valence-electron chi connectivity index (χ0n) is 83.3. The fraction of sp³-hybridized carbons (Fsp3) is 0.368. The van der Waals surface area contributed by atoms with Crippen LogP contribution in [0.1, 0.15) is 101 Å².